The summed E-state index contributed by atoms with van der Waals surface area (Å²) in [6.45, 7) is -0.439. The van der Waals surface area contributed by atoms with Crippen molar-refractivity contribution < 1.29 is 16.8 Å². The molecule has 0 amide bonds. The number of fused-ring (bicyclic) bond motifs is 8. The minimum atomic E-state index is -3.68. The molecule has 8 aromatic carbocycles. The first kappa shape index (κ1) is 25.9. The van der Waals surface area contributed by atoms with Crippen molar-refractivity contribution >= 4 is 98.2 Å². The molecule has 12 rings (SSSR count). The third-order valence-electron chi connectivity index (χ3n) is 11.5. The molecule has 4 aliphatic heterocycles. The zero-order valence-corrected chi connectivity index (χ0v) is 26.8. The standard InChI is InChI=1S/C40H20B2O4S2/c43-47(44)31-11-3-1-9-27(31)41-29-19-21-15-18-24-26-8-6-14-34-40(26)42(28-10-2-4-12-32(28)48(34,45)46)30-20-22-16-17-23(25-7-5-13-33(47)39(25)41)37(29)35(22)36(21)38(24)30/h1-20H. The number of hydrogen-bond donors (Lipinski definition) is 0. The van der Waals surface area contributed by atoms with Crippen LogP contribution in [0.4, 0.5) is 0 Å². The summed E-state index contributed by atoms with van der Waals surface area (Å²) in [7, 11) is -7.36. The second-order valence-corrected chi connectivity index (χ2v) is 17.3. The van der Waals surface area contributed by atoms with Crippen LogP contribution in [0.5, 0.6) is 0 Å². The predicted molar refractivity (Wildman–Crippen MR) is 194 cm³/mol. The molecule has 0 radical (unpaired) electrons. The SMILES string of the molecule is O=S1(=O)c2ccccc2B2c3c(cccc31)-c1ccc3cc4c5c(ccc6cc2c1c3c65)-c1cccc2c1B4c1ccccc1S2(=O)=O. The molecule has 0 aliphatic carbocycles. The molecule has 0 saturated heterocycles. The normalized spacial score (nSPS) is 16.5. The van der Waals surface area contributed by atoms with Gasteiger partial charge in [-0.05, 0) is 101 Å². The van der Waals surface area contributed by atoms with E-state index in [4.69, 9.17) is 0 Å². The van der Waals surface area contributed by atoms with Gasteiger partial charge in [0, 0.05) is 0 Å². The van der Waals surface area contributed by atoms with E-state index in [9.17, 15) is 16.8 Å². The van der Waals surface area contributed by atoms with Gasteiger partial charge in [0.05, 0.1) is 19.6 Å². The van der Waals surface area contributed by atoms with Crippen molar-refractivity contribution in [2.45, 2.75) is 19.6 Å². The Morgan fingerprint density at radius 2 is 0.771 bits per heavy atom. The van der Waals surface area contributed by atoms with Gasteiger partial charge in [0.15, 0.2) is 0 Å². The van der Waals surface area contributed by atoms with Crippen LogP contribution >= 0.6 is 0 Å². The van der Waals surface area contributed by atoms with Crippen LogP contribution in [0.3, 0.4) is 0 Å². The summed E-state index contributed by atoms with van der Waals surface area (Å²) in [4.78, 5) is 1.55. The fraction of sp³-hybridized carbons (Fsp3) is 0. The second kappa shape index (κ2) is 8.09. The summed E-state index contributed by atoms with van der Waals surface area (Å²) in [6, 6.07) is 39.6. The van der Waals surface area contributed by atoms with Crippen molar-refractivity contribution in [2.24, 2.45) is 0 Å². The van der Waals surface area contributed by atoms with Gasteiger partial charge >= 0.3 is 0 Å². The highest BCUT2D eigenvalue weighted by Crippen LogP contribution is 2.45. The Morgan fingerprint density at radius 1 is 0.354 bits per heavy atom. The van der Waals surface area contributed by atoms with Crippen LogP contribution < -0.4 is 32.8 Å². The van der Waals surface area contributed by atoms with Crippen molar-refractivity contribution in [3.05, 3.63) is 121 Å². The summed E-state index contributed by atoms with van der Waals surface area (Å²) >= 11 is 0. The molecular weight excluding hydrogens is 630 g/mol. The topological polar surface area (TPSA) is 68.3 Å². The average Bonchev–Trinajstić information content (AvgIpc) is 3.11. The molecule has 4 aliphatic rings. The number of rotatable bonds is 0. The van der Waals surface area contributed by atoms with Gasteiger partial charge < -0.3 is 0 Å². The Bertz CT molecular complexity index is 2900. The smallest absolute Gasteiger partial charge is 0.219 e. The fourth-order valence-electron chi connectivity index (χ4n) is 9.74. The van der Waals surface area contributed by atoms with E-state index >= 15 is 0 Å². The molecule has 48 heavy (non-hydrogen) atoms. The Labute approximate surface area is 277 Å². The van der Waals surface area contributed by atoms with Crippen molar-refractivity contribution in [2.75, 3.05) is 0 Å². The third kappa shape index (κ3) is 2.70. The van der Waals surface area contributed by atoms with E-state index in [1.807, 2.05) is 48.5 Å². The molecule has 4 heterocycles. The average molecular weight is 650 g/mol. The summed E-state index contributed by atoms with van der Waals surface area (Å²) in [6.07, 6.45) is 0. The summed E-state index contributed by atoms with van der Waals surface area (Å²) in [5, 5.41) is 6.89. The molecular formula is C40H20B2O4S2. The Morgan fingerprint density at radius 3 is 1.23 bits per heavy atom. The highest BCUT2D eigenvalue weighted by atomic mass is 32.2. The molecule has 0 unspecified atom stereocenters. The van der Waals surface area contributed by atoms with Crippen molar-refractivity contribution in [3.8, 4) is 22.3 Å². The van der Waals surface area contributed by atoms with E-state index in [0.717, 1.165) is 65.8 Å². The van der Waals surface area contributed by atoms with Gasteiger partial charge in [0.25, 0.3) is 0 Å². The molecule has 4 nitrogen and oxygen atoms in total. The molecule has 8 heteroatoms. The monoisotopic (exact) mass is 650 g/mol. The second-order valence-electron chi connectivity index (χ2n) is 13.5. The quantitative estimate of drug-likeness (QED) is 0.185. The molecule has 0 aromatic heterocycles. The Hall–Kier alpha value is -5.17. The largest absolute Gasteiger partial charge is 0.246 e. The lowest BCUT2D eigenvalue weighted by atomic mass is 9.32. The number of benzene rings is 8. The van der Waals surface area contributed by atoms with Gasteiger partial charge in [-0.1, -0.05) is 108 Å². The predicted octanol–water partition coefficient (Wildman–Crippen LogP) is 3.87. The van der Waals surface area contributed by atoms with Crippen LogP contribution in [0, 0.1) is 0 Å². The van der Waals surface area contributed by atoms with Crippen LogP contribution in [0.15, 0.2) is 141 Å². The lowest BCUT2D eigenvalue weighted by molar-refractivity contribution is 0.595. The minimum Gasteiger partial charge on any atom is -0.219 e. The maximum Gasteiger partial charge on any atom is 0.246 e. The van der Waals surface area contributed by atoms with Crippen LogP contribution in [-0.4, -0.2) is 30.3 Å². The van der Waals surface area contributed by atoms with Gasteiger partial charge in [-0.3, -0.25) is 0 Å². The zero-order chi connectivity index (χ0) is 31.8. The van der Waals surface area contributed by atoms with E-state index in [2.05, 4.69) is 48.5 Å². The van der Waals surface area contributed by atoms with Gasteiger partial charge in [-0.2, -0.15) is 0 Å². The molecule has 0 saturated carbocycles. The van der Waals surface area contributed by atoms with Crippen molar-refractivity contribution in [1.82, 2.24) is 0 Å². The molecule has 0 bridgehead atoms. The van der Waals surface area contributed by atoms with E-state index < -0.39 is 19.7 Å². The molecule has 0 atom stereocenters. The van der Waals surface area contributed by atoms with E-state index in [0.29, 0.717) is 19.6 Å². The summed E-state index contributed by atoms with van der Waals surface area (Å²) in [5.74, 6) is 0. The first-order valence-electron chi connectivity index (χ1n) is 16.1. The lowest BCUT2D eigenvalue weighted by Gasteiger charge is -2.36. The van der Waals surface area contributed by atoms with E-state index in [1.54, 1.807) is 24.3 Å². The molecule has 222 valence electrons. The van der Waals surface area contributed by atoms with E-state index in [1.165, 1.54) is 21.5 Å². The zero-order valence-electron chi connectivity index (χ0n) is 25.2. The van der Waals surface area contributed by atoms with Gasteiger partial charge in [-0.15, -0.1) is 0 Å². The number of hydrogen-bond acceptors (Lipinski definition) is 4. The maximum absolute atomic E-state index is 14.0. The lowest BCUT2D eigenvalue weighted by Crippen LogP contribution is -2.60. The molecule has 8 aromatic rings. The van der Waals surface area contributed by atoms with Crippen LogP contribution in [0.1, 0.15) is 0 Å². The first-order chi connectivity index (χ1) is 23.4. The third-order valence-corrected chi connectivity index (χ3v) is 15.2. The van der Waals surface area contributed by atoms with Gasteiger partial charge in [0.1, 0.15) is 0 Å². The van der Waals surface area contributed by atoms with Crippen molar-refractivity contribution in [3.63, 3.8) is 0 Å². The number of sulfone groups is 2. The van der Waals surface area contributed by atoms with Crippen LogP contribution in [0.2, 0.25) is 0 Å². The summed E-state index contributed by atoms with van der Waals surface area (Å²) in [5.41, 5.74) is 9.66. The summed E-state index contributed by atoms with van der Waals surface area (Å²) < 4.78 is 56.0. The molecule has 0 N–H and O–H groups in total. The Kier molecular flexibility index (Phi) is 4.36. The first-order valence-corrected chi connectivity index (χ1v) is 19.1. The molecule has 0 spiro atoms. The fourth-order valence-corrected chi connectivity index (χ4v) is 13.3. The van der Waals surface area contributed by atoms with Gasteiger partial charge in [-0.25, -0.2) is 16.8 Å². The van der Waals surface area contributed by atoms with Gasteiger partial charge in [0.2, 0.25) is 33.1 Å². The maximum atomic E-state index is 14.0. The Balaban J connectivity index is 1.28. The van der Waals surface area contributed by atoms with Crippen LogP contribution in [0.25, 0.3) is 54.6 Å². The highest BCUT2D eigenvalue weighted by molar-refractivity contribution is 7.92. The van der Waals surface area contributed by atoms with E-state index in [-0.39, 0.29) is 13.4 Å². The van der Waals surface area contributed by atoms with Crippen LogP contribution in [-0.2, 0) is 19.7 Å². The van der Waals surface area contributed by atoms with Crippen molar-refractivity contribution in [1.29, 1.82) is 0 Å². The highest BCUT2D eigenvalue weighted by Gasteiger charge is 2.46. The molecule has 0 fully saturated rings. The minimum absolute atomic E-state index is 0.219.